The lowest BCUT2D eigenvalue weighted by molar-refractivity contribution is -0.261. The maximum atomic E-state index is 13.3. The van der Waals surface area contributed by atoms with Crippen molar-refractivity contribution in [2.24, 2.45) is 5.92 Å². The van der Waals surface area contributed by atoms with Crippen molar-refractivity contribution >= 4 is 46.9 Å². The zero-order chi connectivity index (χ0) is 52.3. The Kier molecular flexibility index (Phi) is 27.7. The van der Waals surface area contributed by atoms with Gasteiger partial charge in [0.2, 0.25) is 5.91 Å². The fourth-order valence-corrected chi connectivity index (χ4v) is 8.51. The average molecular weight is 1020 g/mol. The number of methoxy groups -OCH3 is 3. The fourth-order valence-electron chi connectivity index (χ4n) is 8.29. The zero-order valence-corrected chi connectivity index (χ0v) is 43.4. The summed E-state index contributed by atoms with van der Waals surface area (Å²) in [6.45, 7) is 5.51. The molecule has 71 heavy (non-hydrogen) atoms. The van der Waals surface area contributed by atoms with E-state index >= 15 is 0 Å². The molecule has 5 N–H and O–H groups in total. The molecule has 0 aliphatic carbocycles. The molecule has 1 heterocycles. The number of rotatable bonds is 34. The first-order valence-electron chi connectivity index (χ1n) is 25.0. The number of carbonyl (C=O) groups is 6. The van der Waals surface area contributed by atoms with E-state index in [9.17, 15) is 44.1 Å². The van der Waals surface area contributed by atoms with E-state index in [0.717, 1.165) is 81.8 Å². The summed E-state index contributed by atoms with van der Waals surface area (Å²) in [6, 6.07) is 9.19. The first-order chi connectivity index (χ1) is 33.9. The normalized spacial score (nSPS) is 18.3. The topological polar surface area (TPSA) is 243 Å². The van der Waals surface area contributed by atoms with Gasteiger partial charge in [-0.25, -0.2) is 0 Å². The van der Waals surface area contributed by atoms with E-state index in [1.165, 1.54) is 33.5 Å². The minimum Gasteiger partial charge on any atom is -0.496 e. The predicted molar refractivity (Wildman–Crippen MR) is 266 cm³/mol. The van der Waals surface area contributed by atoms with Gasteiger partial charge in [0.15, 0.2) is 6.29 Å². The van der Waals surface area contributed by atoms with Crippen LogP contribution < -0.4 is 20.1 Å². The highest BCUT2D eigenvalue weighted by molar-refractivity contribution is 6.32. The summed E-state index contributed by atoms with van der Waals surface area (Å²) >= 11 is 6.53. The van der Waals surface area contributed by atoms with Crippen molar-refractivity contribution in [3.8, 4) is 11.5 Å². The van der Waals surface area contributed by atoms with Gasteiger partial charge < -0.3 is 54.4 Å². The molecule has 2 aromatic carbocycles. The van der Waals surface area contributed by atoms with Crippen molar-refractivity contribution in [2.75, 3.05) is 34.5 Å². The highest BCUT2D eigenvalue weighted by Crippen LogP contribution is 2.34. The molecule has 17 nitrogen and oxygen atoms in total. The van der Waals surface area contributed by atoms with Crippen LogP contribution in [0.15, 0.2) is 36.4 Å². The number of esters is 2. The van der Waals surface area contributed by atoms with Crippen LogP contribution in [-0.4, -0.2) is 121 Å². The fraction of sp³-hybridized carbons (Fsp3) is 0.660. The summed E-state index contributed by atoms with van der Waals surface area (Å²) in [5, 5.41) is 36.1. The third-order valence-electron chi connectivity index (χ3n) is 12.1. The minimum atomic E-state index is -1.50. The predicted octanol–water partition coefficient (Wildman–Crippen LogP) is 7.06. The van der Waals surface area contributed by atoms with Crippen LogP contribution in [0.4, 0.5) is 0 Å². The van der Waals surface area contributed by atoms with E-state index in [-0.39, 0.29) is 52.6 Å². The molecular weight excluding hydrogens is 940 g/mol. The van der Waals surface area contributed by atoms with Gasteiger partial charge >= 0.3 is 11.9 Å². The zero-order valence-electron chi connectivity index (χ0n) is 42.6. The molecule has 3 rings (SSSR count). The molecule has 2 aromatic rings. The van der Waals surface area contributed by atoms with Crippen molar-refractivity contribution in [3.05, 3.63) is 58.1 Å². The summed E-state index contributed by atoms with van der Waals surface area (Å²) in [6.07, 6.45) is 7.73. The van der Waals surface area contributed by atoms with Crippen LogP contribution in [-0.2, 0) is 55.9 Å². The third-order valence-corrected chi connectivity index (χ3v) is 12.4. The van der Waals surface area contributed by atoms with Crippen LogP contribution in [0.3, 0.4) is 0 Å². The number of benzene rings is 2. The van der Waals surface area contributed by atoms with Gasteiger partial charge in [0, 0.05) is 51.8 Å². The molecule has 1 fully saturated rings. The lowest BCUT2D eigenvalue weighted by Crippen LogP contribution is -2.64. The Balaban J connectivity index is 1.22. The Morgan fingerprint density at radius 3 is 2.01 bits per heavy atom. The summed E-state index contributed by atoms with van der Waals surface area (Å²) in [5.74, 6) is -1.29. The molecule has 0 bridgehead atoms. The standard InChI is InChI=1S/C53H79ClN2O15/c1-53(2,3)71-46(61)30-37(51(65)67-5)22-13-11-15-23-38(58)24-16-12-18-27-55-45(60)26-17-10-8-7-9-14-25-39(59)29-35-20-19-21-36(28-35)34-69-43-32-42(66-4)40(31-41(43)54)50(64)56-47-49(63)48(62)44(33-57)70-52(47)68-6/h19-21,28,31-32,37,44,47-49,52,57,62-63H,7-18,22-27,29-30,33-34H2,1-6H3,(H,55,60)(H,56,64)/t37-,44+,47+,48+,49+,52-/m0/s1. The molecule has 0 unspecified atom stereocenters. The van der Waals surface area contributed by atoms with Crippen molar-refractivity contribution < 1.29 is 72.5 Å². The Hall–Kier alpha value is -4.65. The largest absolute Gasteiger partial charge is 0.496 e. The number of aliphatic hydroxyl groups excluding tert-OH is 3. The van der Waals surface area contributed by atoms with Crippen LogP contribution in [0, 0.1) is 5.92 Å². The second-order valence-corrected chi connectivity index (χ2v) is 19.6. The monoisotopic (exact) mass is 1020 g/mol. The number of ether oxygens (including phenoxy) is 6. The van der Waals surface area contributed by atoms with E-state index in [4.69, 9.17) is 40.0 Å². The number of nitrogens with one attached hydrogen (secondary N) is 2. The highest BCUT2D eigenvalue weighted by atomic mass is 35.5. The maximum absolute atomic E-state index is 13.3. The Morgan fingerprint density at radius 1 is 0.761 bits per heavy atom. The van der Waals surface area contributed by atoms with Gasteiger partial charge in [-0.15, -0.1) is 0 Å². The molecule has 1 aliphatic heterocycles. The Morgan fingerprint density at radius 2 is 1.38 bits per heavy atom. The van der Waals surface area contributed by atoms with Crippen molar-refractivity contribution in [2.45, 2.75) is 186 Å². The minimum absolute atomic E-state index is 0.0192. The molecule has 1 aliphatic rings. The van der Waals surface area contributed by atoms with Gasteiger partial charge in [-0.2, -0.15) is 0 Å². The van der Waals surface area contributed by atoms with Crippen LogP contribution in [0.25, 0.3) is 0 Å². The molecule has 1 saturated heterocycles. The van der Waals surface area contributed by atoms with E-state index in [2.05, 4.69) is 10.6 Å². The quantitative estimate of drug-likeness (QED) is 0.0348. The molecule has 398 valence electrons. The van der Waals surface area contributed by atoms with E-state index in [1.807, 2.05) is 24.3 Å². The van der Waals surface area contributed by atoms with Crippen molar-refractivity contribution in [1.82, 2.24) is 10.6 Å². The van der Waals surface area contributed by atoms with Crippen LogP contribution in [0.1, 0.15) is 158 Å². The molecule has 0 saturated carbocycles. The molecule has 2 amide bonds. The van der Waals surface area contributed by atoms with Gasteiger partial charge in [-0.1, -0.05) is 80.8 Å². The number of Topliss-reactive ketones (excluding diaryl/α,β-unsaturated/α-hetero) is 2. The number of aliphatic hydroxyl groups is 3. The molecule has 0 radical (unpaired) electrons. The number of hydrogen-bond donors (Lipinski definition) is 5. The first kappa shape index (κ1) is 60.7. The van der Waals surface area contributed by atoms with Crippen molar-refractivity contribution in [3.63, 3.8) is 0 Å². The number of hydrogen-bond acceptors (Lipinski definition) is 15. The lowest BCUT2D eigenvalue weighted by atomic mass is 9.96. The smallest absolute Gasteiger partial charge is 0.309 e. The second kappa shape index (κ2) is 32.4. The lowest BCUT2D eigenvalue weighted by Gasteiger charge is -2.41. The Bertz CT molecular complexity index is 1990. The van der Waals surface area contributed by atoms with E-state index < -0.39 is 66.6 Å². The molecular formula is C53H79ClN2O15. The maximum Gasteiger partial charge on any atom is 0.309 e. The molecule has 6 atom stereocenters. The molecule has 0 aromatic heterocycles. The Labute approximate surface area is 424 Å². The SMILES string of the molecule is COC(=O)[C@@H](CCCCCC(=O)CCCCCNC(=O)CCCCCCCCC(=O)Cc1cccc(COc2cc(OC)c(C(=O)N[C@H]3[C@@H](OC)O[C@H](CO)[C@@H](O)[C@@H]3O)cc2Cl)c1)CC(=O)OC(C)(C)C. The number of carbonyl (C=O) groups excluding carboxylic acids is 6. The summed E-state index contributed by atoms with van der Waals surface area (Å²) in [4.78, 5) is 75.1. The van der Waals surface area contributed by atoms with Crippen LogP contribution in [0.5, 0.6) is 11.5 Å². The average Bonchev–Trinajstić information content (AvgIpc) is 3.33. The first-order valence-corrected chi connectivity index (χ1v) is 25.4. The van der Waals surface area contributed by atoms with Gasteiger partial charge in [-0.05, 0) is 76.5 Å². The van der Waals surface area contributed by atoms with E-state index in [1.54, 1.807) is 20.8 Å². The molecule has 0 spiro atoms. The summed E-state index contributed by atoms with van der Waals surface area (Å²) < 4.78 is 32.4. The van der Waals surface area contributed by atoms with Gasteiger partial charge in [0.1, 0.15) is 59.6 Å². The third kappa shape index (κ3) is 22.8. The number of amides is 2. The van der Waals surface area contributed by atoms with Crippen molar-refractivity contribution in [1.29, 1.82) is 0 Å². The molecule has 18 heteroatoms. The van der Waals surface area contributed by atoms with Crippen LogP contribution in [0.2, 0.25) is 5.02 Å². The number of ketones is 2. The second-order valence-electron chi connectivity index (χ2n) is 19.2. The van der Waals surface area contributed by atoms with E-state index in [0.29, 0.717) is 51.5 Å². The number of halogens is 1. The summed E-state index contributed by atoms with van der Waals surface area (Å²) in [7, 11) is 3.99. The van der Waals surface area contributed by atoms with Gasteiger partial charge in [0.25, 0.3) is 5.91 Å². The van der Waals surface area contributed by atoms with Gasteiger partial charge in [-0.3, -0.25) is 28.8 Å². The number of unbranched alkanes of at least 4 members (excludes halogenated alkanes) is 9. The highest BCUT2D eigenvalue weighted by Gasteiger charge is 2.45. The summed E-state index contributed by atoms with van der Waals surface area (Å²) in [5.41, 5.74) is 1.09. The van der Waals surface area contributed by atoms with Crippen LogP contribution >= 0.6 is 11.6 Å². The van der Waals surface area contributed by atoms with Gasteiger partial charge in [0.05, 0.1) is 43.8 Å².